The molecule has 4 heteroatoms. The van der Waals surface area contributed by atoms with Crippen LogP contribution < -0.4 is 10.5 Å². The molecular formula is C17H20ClNOS. The molecule has 0 amide bonds. The fraction of sp³-hybridized carbons (Fsp3) is 0.294. The minimum atomic E-state index is 0.0643. The van der Waals surface area contributed by atoms with Crippen LogP contribution in [0, 0.1) is 0 Å². The first-order valence-corrected chi connectivity index (χ1v) is 8.28. The number of rotatable bonds is 6. The minimum Gasteiger partial charge on any atom is -0.497 e. The van der Waals surface area contributed by atoms with Gasteiger partial charge in [0.15, 0.2) is 0 Å². The van der Waals surface area contributed by atoms with Crippen LogP contribution in [0.3, 0.4) is 0 Å². The van der Waals surface area contributed by atoms with E-state index in [4.69, 9.17) is 22.1 Å². The van der Waals surface area contributed by atoms with Crippen LogP contribution in [0.15, 0.2) is 48.5 Å². The summed E-state index contributed by atoms with van der Waals surface area (Å²) in [4.78, 5) is 0. The van der Waals surface area contributed by atoms with Crippen LogP contribution in [0.1, 0.15) is 23.3 Å². The molecule has 0 bridgehead atoms. The predicted molar refractivity (Wildman–Crippen MR) is 92.1 cm³/mol. The molecule has 2 atom stereocenters. The van der Waals surface area contributed by atoms with Crippen LogP contribution >= 0.6 is 23.4 Å². The van der Waals surface area contributed by atoms with E-state index in [-0.39, 0.29) is 11.3 Å². The summed E-state index contributed by atoms with van der Waals surface area (Å²) in [6.45, 7) is 2.04. The molecule has 0 aliphatic carbocycles. The molecule has 21 heavy (non-hydrogen) atoms. The molecular weight excluding hydrogens is 302 g/mol. The van der Waals surface area contributed by atoms with Crippen molar-refractivity contribution in [2.24, 2.45) is 5.73 Å². The van der Waals surface area contributed by atoms with E-state index in [0.29, 0.717) is 0 Å². The van der Waals surface area contributed by atoms with Crippen LogP contribution in [0.4, 0.5) is 0 Å². The Hall–Kier alpha value is -1.16. The number of hydrogen-bond donors (Lipinski definition) is 1. The van der Waals surface area contributed by atoms with Gasteiger partial charge in [0.2, 0.25) is 0 Å². The molecule has 112 valence electrons. The Kier molecular flexibility index (Phi) is 5.97. The van der Waals surface area contributed by atoms with Crippen molar-refractivity contribution in [2.75, 3.05) is 7.11 Å². The second-order valence-electron chi connectivity index (χ2n) is 4.99. The van der Waals surface area contributed by atoms with Crippen molar-refractivity contribution in [2.45, 2.75) is 24.0 Å². The second kappa shape index (κ2) is 7.74. The first-order valence-electron chi connectivity index (χ1n) is 6.85. The van der Waals surface area contributed by atoms with Gasteiger partial charge >= 0.3 is 0 Å². The van der Waals surface area contributed by atoms with Gasteiger partial charge in [-0.15, -0.1) is 11.8 Å². The van der Waals surface area contributed by atoms with Crippen molar-refractivity contribution in [1.82, 2.24) is 0 Å². The molecule has 0 fully saturated rings. The number of ether oxygens (including phenoxy) is 1. The SMILES string of the molecule is COc1cccc(C(SCc2ccc(Cl)cc2)C(C)N)c1. The molecule has 0 spiro atoms. The van der Waals surface area contributed by atoms with Gasteiger partial charge in [0.1, 0.15) is 5.75 Å². The number of halogens is 1. The zero-order valence-corrected chi connectivity index (χ0v) is 13.8. The van der Waals surface area contributed by atoms with E-state index in [1.165, 1.54) is 11.1 Å². The zero-order chi connectivity index (χ0) is 15.2. The van der Waals surface area contributed by atoms with Gasteiger partial charge in [-0.3, -0.25) is 0 Å². The fourth-order valence-electron chi connectivity index (χ4n) is 2.14. The lowest BCUT2D eigenvalue weighted by atomic mass is 10.1. The Morgan fingerprint density at radius 2 is 1.90 bits per heavy atom. The monoisotopic (exact) mass is 321 g/mol. The maximum absolute atomic E-state index is 6.17. The van der Waals surface area contributed by atoms with Crippen molar-refractivity contribution < 1.29 is 4.74 Å². The molecule has 0 saturated heterocycles. The van der Waals surface area contributed by atoms with E-state index >= 15 is 0 Å². The Balaban J connectivity index is 2.10. The summed E-state index contributed by atoms with van der Waals surface area (Å²) in [6.07, 6.45) is 0. The van der Waals surface area contributed by atoms with E-state index in [0.717, 1.165) is 16.5 Å². The van der Waals surface area contributed by atoms with Gasteiger partial charge < -0.3 is 10.5 Å². The quantitative estimate of drug-likeness (QED) is 0.839. The number of nitrogens with two attached hydrogens (primary N) is 1. The first-order chi connectivity index (χ1) is 10.1. The highest BCUT2D eigenvalue weighted by molar-refractivity contribution is 7.98. The van der Waals surface area contributed by atoms with Crippen molar-refractivity contribution >= 4 is 23.4 Å². The number of hydrogen-bond acceptors (Lipinski definition) is 3. The van der Waals surface area contributed by atoms with Gasteiger partial charge in [-0.1, -0.05) is 35.9 Å². The lowest BCUT2D eigenvalue weighted by Crippen LogP contribution is -2.22. The average Bonchev–Trinajstić information content (AvgIpc) is 2.49. The van der Waals surface area contributed by atoms with E-state index < -0.39 is 0 Å². The lowest BCUT2D eigenvalue weighted by Gasteiger charge is -2.21. The normalized spacial score (nSPS) is 13.7. The fourth-order valence-corrected chi connectivity index (χ4v) is 3.47. The predicted octanol–water partition coefficient (Wildman–Crippen LogP) is 4.67. The number of methoxy groups -OCH3 is 1. The third kappa shape index (κ3) is 4.67. The number of benzene rings is 2. The Morgan fingerprint density at radius 1 is 1.19 bits per heavy atom. The molecule has 2 rings (SSSR count). The second-order valence-corrected chi connectivity index (χ2v) is 6.56. The third-order valence-electron chi connectivity index (χ3n) is 3.24. The van der Waals surface area contributed by atoms with Gasteiger partial charge in [-0.2, -0.15) is 0 Å². The highest BCUT2D eigenvalue weighted by Crippen LogP contribution is 2.35. The van der Waals surface area contributed by atoms with Crippen LogP contribution in [0.25, 0.3) is 0 Å². The summed E-state index contributed by atoms with van der Waals surface area (Å²) in [7, 11) is 1.68. The van der Waals surface area contributed by atoms with E-state index in [1.807, 2.05) is 43.0 Å². The number of thioether (sulfide) groups is 1. The van der Waals surface area contributed by atoms with Crippen LogP contribution in [-0.4, -0.2) is 13.2 Å². The van der Waals surface area contributed by atoms with Gasteiger partial charge in [-0.05, 0) is 42.3 Å². The van der Waals surface area contributed by atoms with Crippen LogP contribution in [-0.2, 0) is 5.75 Å². The van der Waals surface area contributed by atoms with E-state index in [9.17, 15) is 0 Å². The van der Waals surface area contributed by atoms with Crippen molar-refractivity contribution in [3.05, 3.63) is 64.7 Å². The maximum atomic E-state index is 6.17. The van der Waals surface area contributed by atoms with Gasteiger partial charge in [0, 0.05) is 22.1 Å². The highest BCUT2D eigenvalue weighted by atomic mass is 35.5. The molecule has 0 aliphatic heterocycles. The molecule has 2 aromatic carbocycles. The Morgan fingerprint density at radius 3 is 2.52 bits per heavy atom. The first kappa shape index (κ1) is 16.2. The molecule has 0 heterocycles. The summed E-state index contributed by atoms with van der Waals surface area (Å²) < 4.78 is 5.30. The topological polar surface area (TPSA) is 35.2 Å². The van der Waals surface area contributed by atoms with Crippen LogP contribution in [0.5, 0.6) is 5.75 Å². The Bertz CT molecular complexity index is 571. The van der Waals surface area contributed by atoms with E-state index in [1.54, 1.807) is 7.11 Å². The Labute approximate surface area is 135 Å². The molecule has 2 nitrogen and oxygen atoms in total. The smallest absolute Gasteiger partial charge is 0.119 e. The largest absolute Gasteiger partial charge is 0.497 e. The molecule has 0 saturated carbocycles. The van der Waals surface area contributed by atoms with Crippen molar-refractivity contribution in [3.8, 4) is 5.75 Å². The highest BCUT2D eigenvalue weighted by Gasteiger charge is 2.17. The molecule has 0 aliphatic rings. The third-order valence-corrected chi connectivity index (χ3v) is 5.06. The maximum Gasteiger partial charge on any atom is 0.119 e. The summed E-state index contributed by atoms with van der Waals surface area (Å²) >= 11 is 7.75. The molecule has 2 aromatic rings. The van der Waals surface area contributed by atoms with Gasteiger partial charge in [0.25, 0.3) is 0 Å². The van der Waals surface area contributed by atoms with Crippen LogP contribution in [0.2, 0.25) is 5.02 Å². The standard InChI is InChI=1S/C17H20ClNOS/c1-12(19)17(14-4-3-5-16(10-14)20-2)21-11-13-6-8-15(18)9-7-13/h3-10,12,17H,11,19H2,1-2H3. The zero-order valence-electron chi connectivity index (χ0n) is 12.3. The molecule has 0 radical (unpaired) electrons. The molecule has 0 aromatic heterocycles. The van der Waals surface area contributed by atoms with Gasteiger partial charge in [0.05, 0.1) is 7.11 Å². The minimum absolute atomic E-state index is 0.0643. The van der Waals surface area contributed by atoms with Crippen molar-refractivity contribution in [1.29, 1.82) is 0 Å². The molecule has 2 N–H and O–H groups in total. The molecule has 2 unspecified atom stereocenters. The summed E-state index contributed by atoms with van der Waals surface area (Å²) in [5.41, 5.74) is 8.61. The summed E-state index contributed by atoms with van der Waals surface area (Å²) in [5, 5.41) is 0.996. The van der Waals surface area contributed by atoms with E-state index in [2.05, 4.69) is 24.3 Å². The summed E-state index contributed by atoms with van der Waals surface area (Å²) in [5.74, 6) is 1.77. The van der Waals surface area contributed by atoms with Gasteiger partial charge in [-0.25, -0.2) is 0 Å². The lowest BCUT2D eigenvalue weighted by molar-refractivity contribution is 0.414. The van der Waals surface area contributed by atoms with Crippen molar-refractivity contribution in [3.63, 3.8) is 0 Å². The average molecular weight is 322 g/mol. The summed E-state index contributed by atoms with van der Waals surface area (Å²) in [6, 6.07) is 16.1.